The van der Waals surface area contributed by atoms with Crippen molar-refractivity contribution in [3.8, 4) is 90.1 Å². The van der Waals surface area contributed by atoms with Gasteiger partial charge in [-0.05, 0) is 133 Å². The Morgan fingerprint density at radius 2 is 0.626 bits per heavy atom. The van der Waals surface area contributed by atoms with Gasteiger partial charge in [0.2, 0.25) is 0 Å². The number of alkyl halides is 3. The number of benzene rings is 8. The number of aryl methyl sites for hydroxylation is 6. The van der Waals surface area contributed by atoms with E-state index in [1.54, 1.807) is 42.5 Å². The fourth-order valence-electron chi connectivity index (χ4n) is 9.38. The normalized spacial score (nSPS) is 10.4. The zero-order valence-corrected chi connectivity index (χ0v) is 58.5. The number of aromatic nitrogens is 8. The summed E-state index contributed by atoms with van der Waals surface area (Å²) in [6, 6.07) is 56.1. The average Bonchev–Trinajstić information content (AvgIpc) is 1.21. The number of nitrogens with zero attached hydrogens (tertiary/aromatic N) is 8. The molecule has 4 heterocycles. The maximum atomic E-state index is 13.9. The Hall–Kier alpha value is -7.88. The van der Waals surface area contributed by atoms with Crippen LogP contribution >= 0.6 is 0 Å². The van der Waals surface area contributed by atoms with Crippen LogP contribution in [0.2, 0.25) is 0 Å². The molecule has 91 heavy (non-hydrogen) atoms. The Kier molecular flexibility index (Phi) is 27.6. The van der Waals surface area contributed by atoms with E-state index in [0.29, 0.717) is 39.6 Å². The molecule has 12 rings (SSSR count). The van der Waals surface area contributed by atoms with E-state index >= 15 is 0 Å². The summed E-state index contributed by atoms with van der Waals surface area (Å²) in [6.45, 7) is 12.1. The molecule has 0 spiro atoms. The first kappa shape index (κ1) is 73.9. The summed E-state index contributed by atoms with van der Waals surface area (Å²) in [5.74, 6) is -2.30. The number of rotatable bonds is 8. The van der Waals surface area contributed by atoms with Crippen LogP contribution in [-0.2, 0) is 86.6 Å². The fourth-order valence-corrected chi connectivity index (χ4v) is 9.38. The molecule has 0 saturated heterocycles. The smallest absolute Gasteiger partial charge is 0.286 e. The Bertz CT molecular complexity index is 4230. The molecule has 470 valence electrons. The molecule has 0 aliphatic carbocycles. The van der Waals surface area contributed by atoms with Crippen molar-refractivity contribution in [3.63, 3.8) is 0 Å². The molecule has 0 aliphatic rings. The maximum absolute atomic E-state index is 13.9. The summed E-state index contributed by atoms with van der Waals surface area (Å²) >= 11 is 0. The largest absolute Gasteiger partial charge is 0.381 e. The van der Waals surface area contributed by atoms with Crippen LogP contribution in [-0.4, -0.2) is 39.9 Å². The monoisotopic (exact) mass is 1940 g/mol. The van der Waals surface area contributed by atoms with E-state index in [-0.39, 0.29) is 103 Å². The van der Waals surface area contributed by atoms with Crippen molar-refractivity contribution in [2.75, 3.05) is 0 Å². The Morgan fingerprint density at radius 1 is 0.308 bits per heavy atom. The predicted molar refractivity (Wildman–Crippen MR) is 320 cm³/mol. The van der Waals surface area contributed by atoms with Crippen LogP contribution in [0.25, 0.3) is 90.1 Å². The number of hydrogen-bond donors (Lipinski definition) is 0. The van der Waals surface area contributed by atoms with Crippen molar-refractivity contribution in [3.05, 3.63) is 287 Å². The van der Waals surface area contributed by atoms with E-state index in [2.05, 4.69) is 90.1 Å². The van der Waals surface area contributed by atoms with Gasteiger partial charge >= 0.3 is 6.18 Å². The standard InChI is InChI=1S/C19H14F3N2.C18H13F2N2.C18H14FN2.C16H9F2N2.4Ir/c1-12-4-3-5-13(2)18(12)17-10-16(23-11-24-17)14-6-8-15(9-7-14)19(20,21)22;1-11-4-3-5-12(2)18(11)17-9-16(21-10-22-17)14-7-6-13(19)8-15(14)20;1-12-4-3-5-13(2)18(12)17-10-16(20-11-21-17)14-6-8-15(19)9-7-14;17-13-5-1-11(2-6-13)15-9-16(20-10-19-15)12-3-7-14(18)8-4-12;;;;/h3-6,8-11H,1-2H3;3-6,8-10H,1-2H3;3-6,8-11H,1-2H3;1-3,5-10H;;;;/q4*-1;;;;. The molecule has 4 aromatic heterocycles. The summed E-state index contributed by atoms with van der Waals surface area (Å²) in [6.07, 6.45) is 1.39. The van der Waals surface area contributed by atoms with Gasteiger partial charge in [-0.3, -0.25) is 37.5 Å². The van der Waals surface area contributed by atoms with Gasteiger partial charge in [-0.2, -0.15) is 13.2 Å². The molecular weight excluding hydrogens is 1890 g/mol. The van der Waals surface area contributed by atoms with Crippen LogP contribution in [0.5, 0.6) is 0 Å². The van der Waals surface area contributed by atoms with Crippen molar-refractivity contribution in [2.24, 2.45) is 0 Å². The molecule has 0 N–H and O–H groups in total. The van der Waals surface area contributed by atoms with E-state index in [1.807, 2.05) is 76.2 Å². The van der Waals surface area contributed by atoms with Crippen molar-refractivity contribution in [1.29, 1.82) is 0 Å². The second kappa shape index (κ2) is 34.0. The van der Waals surface area contributed by atoms with E-state index in [0.717, 1.165) is 91.4 Å². The van der Waals surface area contributed by atoms with Crippen LogP contribution in [0.15, 0.2) is 195 Å². The minimum atomic E-state index is -4.37. The Morgan fingerprint density at radius 3 is 0.978 bits per heavy atom. The van der Waals surface area contributed by atoms with Gasteiger partial charge in [0.25, 0.3) is 0 Å². The first-order valence-electron chi connectivity index (χ1n) is 26.8. The molecule has 0 fully saturated rings. The maximum Gasteiger partial charge on any atom is 0.381 e. The van der Waals surface area contributed by atoms with Gasteiger partial charge in [0.15, 0.2) is 0 Å². The van der Waals surface area contributed by atoms with E-state index in [4.69, 9.17) is 0 Å². The van der Waals surface area contributed by atoms with Crippen LogP contribution in [0.3, 0.4) is 0 Å². The molecule has 8 nitrogen and oxygen atoms in total. The van der Waals surface area contributed by atoms with E-state index < -0.39 is 23.4 Å². The Labute approximate surface area is 576 Å². The molecule has 0 atom stereocenters. The van der Waals surface area contributed by atoms with Crippen molar-refractivity contribution >= 4 is 0 Å². The second-order valence-corrected chi connectivity index (χ2v) is 19.8. The van der Waals surface area contributed by atoms with Crippen LogP contribution in [0.4, 0.5) is 35.1 Å². The molecule has 4 radical (unpaired) electrons. The van der Waals surface area contributed by atoms with Gasteiger partial charge < -0.3 is 0 Å². The second-order valence-electron chi connectivity index (χ2n) is 19.8. The minimum Gasteiger partial charge on any atom is -0.286 e. The summed E-state index contributed by atoms with van der Waals surface area (Å²) in [5.41, 5.74) is 17.2. The molecule has 20 heteroatoms. The molecule has 12 aromatic rings. The van der Waals surface area contributed by atoms with Crippen LogP contribution < -0.4 is 0 Å². The molecule has 0 bridgehead atoms. The van der Waals surface area contributed by atoms with Gasteiger partial charge in [-0.1, -0.05) is 90.5 Å². The van der Waals surface area contributed by atoms with E-state index in [9.17, 15) is 35.1 Å². The first-order valence-corrected chi connectivity index (χ1v) is 26.8. The van der Waals surface area contributed by atoms with Gasteiger partial charge in [-0.25, -0.2) is 24.3 Å². The molecular formula is C71H50F8Ir4N8-4. The molecule has 0 saturated carbocycles. The SMILES string of the molecule is Cc1cccc(C)c1-c1cc(-c2[c-]cc(C(F)(F)F)cc2)ncn1.Cc1cccc(C)c1-c1cc(-c2[c-]cc(F)cc2)ncn1.Cc1cccc(C)c1-c1cc(-c2[c-]cc(F)cc2F)ncn1.Fc1c[c-]c(-c2cc(-c3ccc(F)cc3)ncn2)cc1.[Ir].[Ir].[Ir].[Ir]. The number of hydrogen-bond acceptors (Lipinski definition) is 8. The predicted octanol–water partition coefficient (Wildman–Crippen LogP) is 18.0. The zero-order valence-electron chi connectivity index (χ0n) is 48.9. The van der Waals surface area contributed by atoms with E-state index in [1.165, 1.54) is 78.9 Å². The van der Waals surface area contributed by atoms with Crippen LogP contribution in [0, 0.1) is 94.9 Å². The third-order valence-corrected chi connectivity index (χ3v) is 13.7. The quantitative estimate of drug-likeness (QED) is 0.109. The minimum absolute atomic E-state index is 0. The third kappa shape index (κ3) is 19.3. The van der Waals surface area contributed by atoms with Gasteiger partial charge in [0.1, 0.15) is 31.1 Å². The zero-order chi connectivity index (χ0) is 61.8. The van der Waals surface area contributed by atoms with Gasteiger partial charge in [-0.15, -0.1) is 102 Å². The summed E-state index contributed by atoms with van der Waals surface area (Å²) in [4.78, 5) is 33.8. The van der Waals surface area contributed by atoms with Crippen molar-refractivity contribution < 1.29 is 116 Å². The van der Waals surface area contributed by atoms with Gasteiger partial charge in [0, 0.05) is 120 Å². The average molecular weight is 1940 g/mol. The van der Waals surface area contributed by atoms with Crippen molar-refractivity contribution in [2.45, 2.75) is 47.7 Å². The summed E-state index contributed by atoms with van der Waals surface area (Å²) < 4.78 is 104. The third-order valence-electron chi connectivity index (χ3n) is 13.7. The Balaban J connectivity index is 0.000000218. The molecule has 8 aromatic carbocycles. The number of halogens is 8. The summed E-state index contributed by atoms with van der Waals surface area (Å²) in [7, 11) is 0. The molecule has 0 amide bonds. The van der Waals surface area contributed by atoms with Crippen LogP contribution in [0.1, 0.15) is 38.9 Å². The fraction of sp³-hybridized carbons (Fsp3) is 0.0986. The van der Waals surface area contributed by atoms with Crippen molar-refractivity contribution in [1.82, 2.24) is 39.9 Å². The van der Waals surface area contributed by atoms with Gasteiger partial charge in [0.05, 0.1) is 22.8 Å². The summed E-state index contributed by atoms with van der Waals surface area (Å²) in [5, 5.41) is 0. The molecule has 0 unspecified atom stereocenters. The topological polar surface area (TPSA) is 103 Å². The molecule has 0 aliphatic heterocycles. The first-order chi connectivity index (χ1) is 41.8.